The number of hydrogen-bond donors (Lipinski definition) is 0. The number of aldehydes is 1. The summed E-state index contributed by atoms with van der Waals surface area (Å²) in [6, 6.07) is 9.67. The van der Waals surface area contributed by atoms with E-state index in [2.05, 4.69) is 34.6 Å². The van der Waals surface area contributed by atoms with Gasteiger partial charge < -0.3 is 9.13 Å². The van der Waals surface area contributed by atoms with Gasteiger partial charge in [-0.3, -0.25) is 9.69 Å². The molecule has 2 aliphatic rings. The second-order valence-corrected chi connectivity index (χ2v) is 9.33. The minimum Gasteiger partial charge on any atom is -0.337 e. The maximum Gasteiger partial charge on any atom is 0.157 e. The molecule has 0 unspecified atom stereocenters. The molecule has 0 bridgehead atoms. The second kappa shape index (κ2) is 7.27. The summed E-state index contributed by atoms with van der Waals surface area (Å²) in [4.78, 5) is 18.5. The fourth-order valence-electron chi connectivity index (χ4n) is 5.31. The standard InChI is InChI=1S/C26H27FN4O/c1-3-30-9-8-20-19(14-30)7-6-18-12-23(31(24(18)20)13-16-4-5-16)26-28-22-11-17(15-32)10-21(27)25(22)29(26)2/h6-7,10-12,15-16H,3-5,8-9,13-14H2,1-2H3. The summed E-state index contributed by atoms with van der Waals surface area (Å²) in [6.45, 7) is 6.34. The first kappa shape index (κ1) is 19.7. The lowest BCUT2D eigenvalue weighted by atomic mass is 9.97. The van der Waals surface area contributed by atoms with Gasteiger partial charge in [0, 0.05) is 37.6 Å². The van der Waals surface area contributed by atoms with Crippen molar-refractivity contribution in [3.05, 3.63) is 52.8 Å². The Labute approximate surface area is 186 Å². The zero-order valence-corrected chi connectivity index (χ0v) is 18.6. The summed E-state index contributed by atoms with van der Waals surface area (Å²) in [5, 5.41) is 1.23. The van der Waals surface area contributed by atoms with E-state index in [1.165, 1.54) is 40.9 Å². The van der Waals surface area contributed by atoms with E-state index in [0.29, 0.717) is 28.8 Å². The number of benzene rings is 2. The predicted molar refractivity (Wildman–Crippen MR) is 124 cm³/mol. The van der Waals surface area contributed by atoms with Crippen molar-refractivity contribution in [3.63, 3.8) is 0 Å². The molecule has 6 rings (SSSR count). The third-order valence-corrected chi connectivity index (χ3v) is 7.23. The zero-order chi connectivity index (χ0) is 22.0. The lowest BCUT2D eigenvalue weighted by Crippen LogP contribution is -2.30. The van der Waals surface area contributed by atoms with E-state index in [1.807, 2.05) is 11.6 Å². The molecule has 0 atom stereocenters. The Hall–Kier alpha value is -2.99. The number of carbonyl (C=O) groups excluding carboxylic acids is 1. The SMILES string of the molecule is CCN1CCc2c(ccc3cc(-c4nc5cc(C=O)cc(F)c5n4C)n(CC4CC4)c23)C1. The zero-order valence-electron chi connectivity index (χ0n) is 18.6. The van der Waals surface area contributed by atoms with Gasteiger partial charge in [-0.05, 0) is 61.1 Å². The average molecular weight is 431 g/mol. The summed E-state index contributed by atoms with van der Waals surface area (Å²) in [7, 11) is 1.86. The summed E-state index contributed by atoms with van der Waals surface area (Å²) < 4.78 is 19.1. The van der Waals surface area contributed by atoms with E-state index in [9.17, 15) is 9.18 Å². The molecule has 0 amide bonds. The lowest BCUT2D eigenvalue weighted by Gasteiger charge is -2.28. The van der Waals surface area contributed by atoms with Crippen LogP contribution in [0.4, 0.5) is 4.39 Å². The van der Waals surface area contributed by atoms with Crippen molar-refractivity contribution >= 4 is 28.2 Å². The molecule has 6 heteroatoms. The minimum absolute atomic E-state index is 0.313. The molecular formula is C26H27FN4O. The third kappa shape index (κ3) is 3.00. The van der Waals surface area contributed by atoms with Gasteiger partial charge in [0.2, 0.25) is 0 Å². The van der Waals surface area contributed by atoms with Crippen molar-refractivity contribution in [1.29, 1.82) is 0 Å². The van der Waals surface area contributed by atoms with Gasteiger partial charge in [0.1, 0.15) is 17.6 Å². The first-order valence-electron chi connectivity index (χ1n) is 11.5. The highest BCUT2D eigenvalue weighted by Crippen LogP contribution is 2.39. The van der Waals surface area contributed by atoms with Crippen LogP contribution in [0.1, 0.15) is 41.3 Å². The molecule has 5 nitrogen and oxygen atoms in total. The number of nitrogens with zero attached hydrogens (tertiary/aromatic N) is 4. The number of hydrogen-bond acceptors (Lipinski definition) is 3. The summed E-state index contributed by atoms with van der Waals surface area (Å²) >= 11 is 0. The van der Waals surface area contributed by atoms with Gasteiger partial charge in [-0.15, -0.1) is 0 Å². The van der Waals surface area contributed by atoms with Crippen molar-refractivity contribution in [2.75, 3.05) is 13.1 Å². The van der Waals surface area contributed by atoms with Gasteiger partial charge in [0.05, 0.1) is 16.7 Å². The normalized spacial score (nSPS) is 16.7. The largest absolute Gasteiger partial charge is 0.337 e. The van der Waals surface area contributed by atoms with Crippen LogP contribution in [0, 0.1) is 11.7 Å². The Morgan fingerprint density at radius 3 is 2.78 bits per heavy atom. The Bertz CT molecular complexity index is 1380. The van der Waals surface area contributed by atoms with E-state index >= 15 is 0 Å². The highest BCUT2D eigenvalue weighted by molar-refractivity contribution is 5.92. The smallest absolute Gasteiger partial charge is 0.157 e. The lowest BCUT2D eigenvalue weighted by molar-refractivity contribution is 0.112. The monoisotopic (exact) mass is 430 g/mol. The fraction of sp³-hybridized carbons (Fsp3) is 0.385. The van der Waals surface area contributed by atoms with Crippen LogP contribution in [-0.4, -0.2) is 38.4 Å². The quantitative estimate of drug-likeness (QED) is 0.422. The molecule has 4 aromatic rings. The number of fused-ring (bicyclic) bond motifs is 4. The average Bonchev–Trinajstić information content (AvgIpc) is 3.46. The number of halogens is 1. The Kier molecular flexibility index (Phi) is 4.47. The number of aryl methyl sites for hydroxylation is 1. The maximum absolute atomic E-state index is 14.8. The van der Waals surface area contributed by atoms with Crippen molar-refractivity contribution in [3.8, 4) is 11.5 Å². The number of likely N-dealkylation sites (N-methyl/N-ethyl adjacent to an activating group) is 1. The third-order valence-electron chi connectivity index (χ3n) is 7.23. The predicted octanol–water partition coefficient (Wildman–Crippen LogP) is 4.93. The molecular weight excluding hydrogens is 403 g/mol. The molecule has 32 heavy (non-hydrogen) atoms. The van der Waals surface area contributed by atoms with E-state index in [1.54, 1.807) is 6.07 Å². The first-order valence-corrected chi connectivity index (χ1v) is 11.5. The summed E-state index contributed by atoms with van der Waals surface area (Å²) in [6.07, 6.45) is 4.25. The van der Waals surface area contributed by atoms with Gasteiger partial charge in [-0.1, -0.05) is 19.1 Å². The molecule has 0 N–H and O–H groups in total. The van der Waals surface area contributed by atoms with Crippen molar-refractivity contribution in [2.24, 2.45) is 13.0 Å². The number of aromatic nitrogens is 3. The molecule has 1 fully saturated rings. The molecule has 0 saturated heterocycles. The molecule has 3 heterocycles. The van der Waals surface area contributed by atoms with Crippen LogP contribution in [-0.2, 0) is 26.6 Å². The molecule has 0 spiro atoms. The van der Waals surface area contributed by atoms with E-state index < -0.39 is 5.82 Å². The van der Waals surface area contributed by atoms with E-state index in [0.717, 1.165) is 44.1 Å². The molecule has 0 radical (unpaired) electrons. The van der Waals surface area contributed by atoms with Crippen molar-refractivity contribution in [2.45, 2.75) is 39.3 Å². The number of rotatable bonds is 5. The van der Waals surface area contributed by atoms with Crippen LogP contribution in [0.5, 0.6) is 0 Å². The van der Waals surface area contributed by atoms with Gasteiger partial charge in [0.15, 0.2) is 5.82 Å². The highest BCUT2D eigenvalue weighted by atomic mass is 19.1. The van der Waals surface area contributed by atoms with Gasteiger partial charge >= 0.3 is 0 Å². The van der Waals surface area contributed by atoms with E-state index in [4.69, 9.17) is 4.98 Å². The second-order valence-electron chi connectivity index (χ2n) is 9.33. The van der Waals surface area contributed by atoms with Gasteiger partial charge in [0.25, 0.3) is 0 Å². The Morgan fingerprint density at radius 1 is 1.19 bits per heavy atom. The van der Waals surface area contributed by atoms with Crippen LogP contribution < -0.4 is 0 Å². The molecule has 1 saturated carbocycles. The highest BCUT2D eigenvalue weighted by Gasteiger charge is 2.28. The molecule has 1 aliphatic carbocycles. The van der Waals surface area contributed by atoms with E-state index in [-0.39, 0.29) is 0 Å². The van der Waals surface area contributed by atoms with Gasteiger partial charge in [-0.2, -0.15) is 0 Å². The van der Waals surface area contributed by atoms with Crippen LogP contribution in [0.15, 0.2) is 30.3 Å². The molecule has 2 aromatic heterocycles. The fourth-order valence-corrected chi connectivity index (χ4v) is 5.31. The minimum atomic E-state index is -0.409. The Morgan fingerprint density at radius 2 is 2.03 bits per heavy atom. The summed E-state index contributed by atoms with van der Waals surface area (Å²) in [5.41, 5.74) is 6.49. The van der Waals surface area contributed by atoms with Crippen LogP contribution in [0.2, 0.25) is 0 Å². The molecule has 2 aromatic carbocycles. The van der Waals surface area contributed by atoms with Crippen LogP contribution in [0.3, 0.4) is 0 Å². The number of imidazole rings is 1. The van der Waals surface area contributed by atoms with Crippen LogP contribution >= 0.6 is 0 Å². The van der Waals surface area contributed by atoms with Crippen molar-refractivity contribution < 1.29 is 9.18 Å². The maximum atomic E-state index is 14.8. The van der Waals surface area contributed by atoms with Gasteiger partial charge in [-0.25, -0.2) is 9.37 Å². The molecule has 1 aliphatic heterocycles. The topological polar surface area (TPSA) is 43.1 Å². The Balaban J connectivity index is 1.59. The van der Waals surface area contributed by atoms with Crippen LogP contribution in [0.25, 0.3) is 33.5 Å². The number of carbonyl (C=O) groups is 1. The summed E-state index contributed by atoms with van der Waals surface area (Å²) in [5.74, 6) is 1.04. The molecule has 164 valence electrons. The first-order chi connectivity index (χ1) is 15.6. The van der Waals surface area contributed by atoms with Crippen molar-refractivity contribution in [1.82, 2.24) is 19.0 Å².